The van der Waals surface area contributed by atoms with Crippen LogP contribution in [-0.4, -0.2) is 12.4 Å². The van der Waals surface area contributed by atoms with Crippen LogP contribution in [0.1, 0.15) is 11.1 Å². The fourth-order valence-electron chi connectivity index (χ4n) is 2.78. The maximum absolute atomic E-state index is 13.4. The summed E-state index contributed by atoms with van der Waals surface area (Å²) < 4.78 is 119. The van der Waals surface area contributed by atoms with Gasteiger partial charge in [0, 0.05) is 5.70 Å². The SMILES string of the molecule is NC1=CC(C(F)(F)F)C(N)(c2ccccc2C(F)(F)F)C=C1C(F)(F)F. The van der Waals surface area contributed by atoms with Crippen LogP contribution in [0.3, 0.4) is 0 Å². The monoisotopic (exact) mass is 390 g/mol. The van der Waals surface area contributed by atoms with E-state index in [9.17, 15) is 39.5 Å². The van der Waals surface area contributed by atoms with Gasteiger partial charge in [0.15, 0.2) is 0 Å². The number of nitrogens with two attached hydrogens (primary N) is 2. The van der Waals surface area contributed by atoms with Crippen LogP contribution in [0.15, 0.2) is 47.7 Å². The van der Waals surface area contributed by atoms with Crippen LogP contribution in [0.2, 0.25) is 0 Å². The van der Waals surface area contributed by atoms with Crippen LogP contribution >= 0.6 is 0 Å². The molecule has 4 N–H and O–H groups in total. The molecule has 0 aliphatic heterocycles. The number of allylic oxidation sites excluding steroid dienone is 1. The normalized spacial score (nSPS) is 24.9. The van der Waals surface area contributed by atoms with Gasteiger partial charge in [-0.05, 0) is 23.8 Å². The second kappa shape index (κ2) is 5.93. The summed E-state index contributed by atoms with van der Waals surface area (Å²) in [5, 5.41) is 0. The number of alkyl halides is 9. The van der Waals surface area contributed by atoms with E-state index in [0.29, 0.717) is 12.1 Å². The van der Waals surface area contributed by atoms with Crippen molar-refractivity contribution in [1.29, 1.82) is 0 Å². The fraction of sp³-hybridized carbons (Fsp3) is 0.333. The smallest absolute Gasteiger partial charge is 0.398 e. The van der Waals surface area contributed by atoms with Crippen molar-refractivity contribution in [3.63, 3.8) is 0 Å². The Bertz CT molecular complexity index is 756. The summed E-state index contributed by atoms with van der Waals surface area (Å²) in [6.07, 6.45) is -15.7. The first kappa shape index (κ1) is 20.1. The van der Waals surface area contributed by atoms with E-state index in [4.69, 9.17) is 11.5 Å². The zero-order chi connectivity index (χ0) is 20.1. The first-order valence-electron chi connectivity index (χ1n) is 6.88. The number of hydrogen-bond acceptors (Lipinski definition) is 2. The van der Waals surface area contributed by atoms with Crippen molar-refractivity contribution in [3.05, 3.63) is 58.8 Å². The molecule has 11 heteroatoms. The molecular weight excluding hydrogens is 379 g/mol. The molecule has 1 aliphatic carbocycles. The Morgan fingerprint density at radius 1 is 0.846 bits per heavy atom. The van der Waals surface area contributed by atoms with Crippen LogP contribution in [0, 0.1) is 5.92 Å². The first-order valence-corrected chi connectivity index (χ1v) is 6.88. The molecule has 1 aliphatic rings. The number of hydrogen-bond donors (Lipinski definition) is 2. The number of benzene rings is 1. The third-order valence-corrected chi connectivity index (χ3v) is 3.91. The van der Waals surface area contributed by atoms with E-state index in [1.165, 1.54) is 0 Å². The van der Waals surface area contributed by atoms with E-state index >= 15 is 0 Å². The summed E-state index contributed by atoms with van der Waals surface area (Å²) in [5.74, 6) is -2.88. The van der Waals surface area contributed by atoms with Crippen LogP contribution in [0.4, 0.5) is 39.5 Å². The van der Waals surface area contributed by atoms with Crippen LogP contribution in [-0.2, 0) is 11.7 Å². The van der Waals surface area contributed by atoms with Gasteiger partial charge in [-0.2, -0.15) is 39.5 Å². The van der Waals surface area contributed by atoms with Crippen molar-refractivity contribution in [2.24, 2.45) is 17.4 Å². The van der Waals surface area contributed by atoms with E-state index in [-0.39, 0.29) is 12.2 Å². The highest BCUT2D eigenvalue weighted by Crippen LogP contribution is 2.49. The van der Waals surface area contributed by atoms with Crippen molar-refractivity contribution in [3.8, 4) is 0 Å². The molecular formula is C15H11F9N2. The fourth-order valence-corrected chi connectivity index (χ4v) is 2.78. The molecule has 0 saturated heterocycles. The Labute approximate surface area is 141 Å². The lowest BCUT2D eigenvalue weighted by molar-refractivity contribution is -0.177. The third kappa shape index (κ3) is 3.53. The first-order chi connectivity index (χ1) is 11.6. The van der Waals surface area contributed by atoms with Gasteiger partial charge in [-0.15, -0.1) is 0 Å². The van der Waals surface area contributed by atoms with Gasteiger partial charge in [-0.3, -0.25) is 0 Å². The zero-order valence-corrected chi connectivity index (χ0v) is 12.6. The van der Waals surface area contributed by atoms with Crippen molar-refractivity contribution < 1.29 is 39.5 Å². The Kier molecular flexibility index (Phi) is 4.60. The Morgan fingerprint density at radius 2 is 1.38 bits per heavy atom. The molecule has 0 aromatic heterocycles. The summed E-state index contributed by atoms with van der Waals surface area (Å²) in [4.78, 5) is 0. The van der Waals surface area contributed by atoms with Gasteiger partial charge >= 0.3 is 18.5 Å². The van der Waals surface area contributed by atoms with E-state index in [1.54, 1.807) is 0 Å². The van der Waals surface area contributed by atoms with E-state index in [1.807, 2.05) is 0 Å². The second-order valence-corrected chi connectivity index (χ2v) is 5.67. The van der Waals surface area contributed by atoms with Gasteiger partial charge in [0.25, 0.3) is 0 Å². The summed E-state index contributed by atoms with van der Waals surface area (Å²) in [7, 11) is 0. The Balaban J connectivity index is 2.83. The minimum atomic E-state index is -5.24. The van der Waals surface area contributed by atoms with Crippen LogP contribution in [0.5, 0.6) is 0 Å². The lowest BCUT2D eigenvalue weighted by Crippen LogP contribution is -2.52. The molecule has 0 heterocycles. The van der Waals surface area contributed by atoms with E-state index in [2.05, 4.69) is 0 Å². The molecule has 2 nitrogen and oxygen atoms in total. The minimum Gasteiger partial charge on any atom is -0.398 e. The van der Waals surface area contributed by atoms with Gasteiger partial charge in [0.05, 0.1) is 16.7 Å². The molecule has 2 rings (SSSR count). The zero-order valence-electron chi connectivity index (χ0n) is 12.6. The quantitative estimate of drug-likeness (QED) is 0.700. The number of rotatable bonds is 1. The molecule has 26 heavy (non-hydrogen) atoms. The molecule has 1 aromatic carbocycles. The van der Waals surface area contributed by atoms with Crippen molar-refractivity contribution >= 4 is 0 Å². The molecule has 0 saturated carbocycles. The van der Waals surface area contributed by atoms with E-state index in [0.717, 1.165) is 12.1 Å². The lowest BCUT2D eigenvalue weighted by atomic mass is 9.71. The maximum atomic E-state index is 13.4. The highest BCUT2D eigenvalue weighted by molar-refractivity contribution is 5.49. The Hall–Kier alpha value is -2.17. The van der Waals surface area contributed by atoms with E-state index < -0.39 is 52.4 Å². The van der Waals surface area contributed by atoms with Gasteiger partial charge in [-0.25, -0.2) is 0 Å². The average Bonchev–Trinajstić information content (AvgIpc) is 2.46. The molecule has 0 bridgehead atoms. The van der Waals surface area contributed by atoms with Gasteiger partial charge in [-0.1, -0.05) is 18.2 Å². The van der Waals surface area contributed by atoms with Crippen LogP contribution < -0.4 is 11.5 Å². The molecule has 1 aromatic rings. The molecule has 0 radical (unpaired) electrons. The maximum Gasteiger partial charge on any atom is 0.418 e. The predicted molar refractivity (Wildman–Crippen MR) is 73.3 cm³/mol. The molecule has 144 valence electrons. The summed E-state index contributed by atoms with van der Waals surface area (Å²) in [5.41, 5.74) is 1.79. The second-order valence-electron chi connectivity index (χ2n) is 5.67. The molecule has 2 atom stereocenters. The van der Waals surface area contributed by atoms with Crippen molar-refractivity contribution in [2.45, 2.75) is 24.1 Å². The van der Waals surface area contributed by atoms with Gasteiger partial charge in [0.1, 0.15) is 5.92 Å². The minimum absolute atomic E-state index is 0.00399. The largest absolute Gasteiger partial charge is 0.418 e. The standard InChI is InChI=1S/C15H11F9N2/c16-13(17,18)8-4-2-1-3-7(8)12(26)6-9(14(19,20)21)10(25)5-11(12)15(22,23)24/h1-6,11H,25-26H2. The molecule has 0 fully saturated rings. The molecule has 2 unspecified atom stereocenters. The summed E-state index contributed by atoms with van der Waals surface area (Å²) >= 11 is 0. The summed E-state index contributed by atoms with van der Waals surface area (Å²) in [6, 6.07) is 2.90. The predicted octanol–water partition coefficient (Wildman–Crippen LogP) is 4.38. The van der Waals surface area contributed by atoms with Gasteiger partial charge < -0.3 is 11.5 Å². The van der Waals surface area contributed by atoms with Gasteiger partial charge in [0.2, 0.25) is 0 Å². The van der Waals surface area contributed by atoms with Crippen molar-refractivity contribution in [1.82, 2.24) is 0 Å². The third-order valence-electron chi connectivity index (χ3n) is 3.91. The topological polar surface area (TPSA) is 52.0 Å². The average molecular weight is 390 g/mol. The Morgan fingerprint density at radius 3 is 1.85 bits per heavy atom. The highest BCUT2D eigenvalue weighted by Gasteiger charge is 2.56. The molecule has 0 amide bonds. The van der Waals surface area contributed by atoms with Crippen molar-refractivity contribution in [2.75, 3.05) is 0 Å². The molecule has 0 spiro atoms. The lowest BCUT2D eigenvalue weighted by Gasteiger charge is -2.40. The summed E-state index contributed by atoms with van der Waals surface area (Å²) in [6.45, 7) is 0. The van der Waals surface area contributed by atoms with Crippen LogP contribution in [0.25, 0.3) is 0 Å². The highest BCUT2D eigenvalue weighted by atomic mass is 19.4. The number of halogens is 9.